The largest absolute Gasteiger partial charge is 0.494 e. The second-order valence-electron chi connectivity index (χ2n) is 4.35. The summed E-state index contributed by atoms with van der Waals surface area (Å²) >= 11 is 0. The molecule has 2 rings (SSSR count). The fourth-order valence-corrected chi connectivity index (χ4v) is 1.77. The van der Waals surface area contributed by atoms with Crippen LogP contribution in [-0.2, 0) is 0 Å². The highest BCUT2D eigenvalue weighted by molar-refractivity contribution is 5.46. The molecule has 0 saturated carbocycles. The maximum atomic E-state index is 5.80. The first-order valence-electron chi connectivity index (χ1n) is 6.91. The number of rotatable bonds is 7. The monoisotopic (exact) mass is 272 g/mol. The molecule has 0 spiro atoms. The van der Waals surface area contributed by atoms with Crippen molar-refractivity contribution in [2.45, 2.75) is 20.3 Å². The number of anilines is 1. The van der Waals surface area contributed by atoms with Crippen LogP contribution in [0.2, 0.25) is 0 Å². The third-order valence-electron chi connectivity index (χ3n) is 2.64. The Morgan fingerprint density at radius 3 is 2.70 bits per heavy atom. The molecule has 4 nitrogen and oxygen atoms in total. The second kappa shape index (κ2) is 7.38. The van der Waals surface area contributed by atoms with Crippen molar-refractivity contribution in [1.82, 2.24) is 4.98 Å². The van der Waals surface area contributed by atoms with E-state index in [9.17, 15) is 0 Å². The van der Waals surface area contributed by atoms with Crippen molar-refractivity contribution in [2.75, 3.05) is 18.5 Å². The van der Waals surface area contributed by atoms with Crippen molar-refractivity contribution < 1.29 is 9.47 Å². The lowest BCUT2D eigenvalue weighted by Crippen LogP contribution is -2.00. The van der Waals surface area contributed by atoms with E-state index in [-0.39, 0.29) is 0 Å². The number of nitrogens with zero attached hydrogens (tertiary/aromatic N) is 1. The predicted molar refractivity (Wildman–Crippen MR) is 80.7 cm³/mol. The minimum atomic E-state index is 0.640. The van der Waals surface area contributed by atoms with Gasteiger partial charge >= 0.3 is 0 Å². The van der Waals surface area contributed by atoms with Gasteiger partial charge in [0, 0.05) is 18.7 Å². The van der Waals surface area contributed by atoms with E-state index >= 15 is 0 Å². The molecule has 0 amide bonds. The smallest absolute Gasteiger partial charge is 0.147 e. The van der Waals surface area contributed by atoms with E-state index in [0.29, 0.717) is 12.4 Å². The maximum Gasteiger partial charge on any atom is 0.147 e. The average Bonchev–Trinajstić information content (AvgIpc) is 2.46. The predicted octanol–water partition coefficient (Wildman–Crippen LogP) is 4.09. The normalized spacial score (nSPS) is 10.1. The summed E-state index contributed by atoms with van der Waals surface area (Å²) in [6.45, 7) is 5.65. The Morgan fingerprint density at radius 2 is 1.90 bits per heavy atom. The van der Waals surface area contributed by atoms with Crippen molar-refractivity contribution in [3.8, 4) is 17.2 Å². The molecule has 0 radical (unpaired) electrons. The highest BCUT2D eigenvalue weighted by atomic mass is 16.5. The Kier molecular flexibility index (Phi) is 5.24. The van der Waals surface area contributed by atoms with E-state index in [1.165, 1.54) is 0 Å². The zero-order chi connectivity index (χ0) is 14.2. The first kappa shape index (κ1) is 14.2. The molecule has 106 valence electrons. The van der Waals surface area contributed by atoms with Gasteiger partial charge in [0.05, 0.1) is 24.7 Å². The van der Waals surface area contributed by atoms with Crippen LogP contribution < -0.4 is 14.8 Å². The van der Waals surface area contributed by atoms with Crippen LogP contribution in [0.5, 0.6) is 17.2 Å². The molecule has 1 aromatic carbocycles. The molecule has 0 bridgehead atoms. The molecule has 1 heterocycles. The fourth-order valence-electron chi connectivity index (χ4n) is 1.77. The third kappa shape index (κ3) is 4.16. The van der Waals surface area contributed by atoms with Crippen molar-refractivity contribution >= 4 is 5.69 Å². The quantitative estimate of drug-likeness (QED) is 0.824. The minimum Gasteiger partial charge on any atom is -0.494 e. The molecule has 0 aliphatic rings. The Balaban J connectivity index is 2.07. The van der Waals surface area contributed by atoms with Crippen LogP contribution >= 0.6 is 0 Å². The van der Waals surface area contributed by atoms with Gasteiger partial charge in [-0.15, -0.1) is 0 Å². The van der Waals surface area contributed by atoms with Gasteiger partial charge in [-0.3, -0.25) is 4.98 Å². The summed E-state index contributed by atoms with van der Waals surface area (Å²) in [6.07, 6.45) is 4.56. The molecule has 0 aliphatic heterocycles. The summed E-state index contributed by atoms with van der Waals surface area (Å²) in [5.74, 6) is 2.25. The Bertz CT molecular complexity index is 544. The first-order chi connectivity index (χ1) is 9.81. The molecular formula is C16H20N2O2. The lowest BCUT2D eigenvalue weighted by molar-refractivity contribution is 0.338. The van der Waals surface area contributed by atoms with E-state index in [4.69, 9.17) is 9.47 Å². The van der Waals surface area contributed by atoms with Gasteiger partial charge < -0.3 is 14.8 Å². The third-order valence-corrected chi connectivity index (χ3v) is 2.64. The number of ether oxygens (including phenoxy) is 2. The van der Waals surface area contributed by atoms with E-state index in [0.717, 1.165) is 30.2 Å². The Morgan fingerprint density at radius 1 is 1.05 bits per heavy atom. The van der Waals surface area contributed by atoms with Gasteiger partial charge in [0.1, 0.15) is 17.2 Å². The molecule has 0 fully saturated rings. The summed E-state index contributed by atoms with van der Waals surface area (Å²) in [5, 5.41) is 3.28. The fraction of sp³-hybridized carbons (Fsp3) is 0.312. The van der Waals surface area contributed by atoms with Crippen LogP contribution in [-0.4, -0.2) is 18.1 Å². The van der Waals surface area contributed by atoms with Gasteiger partial charge in [0.15, 0.2) is 0 Å². The molecule has 4 heteroatoms. The van der Waals surface area contributed by atoms with E-state index in [2.05, 4.69) is 17.2 Å². The topological polar surface area (TPSA) is 43.4 Å². The van der Waals surface area contributed by atoms with Crippen LogP contribution in [0.15, 0.2) is 42.7 Å². The SMILES string of the molecule is CCCNc1cncc(Oc2cccc(OCC)c2)c1. The van der Waals surface area contributed by atoms with Crippen molar-refractivity contribution in [3.63, 3.8) is 0 Å². The van der Waals surface area contributed by atoms with Crippen LogP contribution in [0.3, 0.4) is 0 Å². The molecule has 0 atom stereocenters. The summed E-state index contributed by atoms with van der Waals surface area (Å²) in [6, 6.07) is 9.53. The van der Waals surface area contributed by atoms with Crippen LogP contribution in [0.25, 0.3) is 0 Å². The summed E-state index contributed by atoms with van der Waals surface area (Å²) < 4.78 is 11.3. The standard InChI is InChI=1S/C16H20N2O2/c1-3-8-18-13-9-16(12-17-11-13)20-15-7-5-6-14(10-15)19-4-2/h5-7,9-12,18H,3-4,8H2,1-2H3. The van der Waals surface area contributed by atoms with Crippen LogP contribution in [0.4, 0.5) is 5.69 Å². The lowest BCUT2D eigenvalue weighted by atomic mass is 10.3. The number of benzene rings is 1. The van der Waals surface area contributed by atoms with Crippen molar-refractivity contribution in [1.29, 1.82) is 0 Å². The Hall–Kier alpha value is -2.23. The van der Waals surface area contributed by atoms with Crippen LogP contribution in [0, 0.1) is 0 Å². The average molecular weight is 272 g/mol. The van der Waals surface area contributed by atoms with Gasteiger partial charge in [0.2, 0.25) is 0 Å². The number of nitrogens with one attached hydrogen (secondary N) is 1. The van der Waals surface area contributed by atoms with E-state index in [1.807, 2.05) is 37.3 Å². The molecular weight excluding hydrogens is 252 g/mol. The van der Waals surface area contributed by atoms with E-state index < -0.39 is 0 Å². The highest BCUT2D eigenvalue weighted by Gasteiger charge is 2.01. The maximum absolute atomic E-state index is 5.80. The molecule has 1 aromatic heterocycles. The van der Waals surface area contributed by atoms with Gasteiger partial charge in [-0.1, -0.05) is 13.0 Å². The van der Waals surface area contributed by atoms with E-state index in [1.54, 1.807) is 12.4 Å². The van der Waals surface area contributed by atoms with Crippen molar-refractivity contribution in [2.24, 2.45) is 0 Å². The summed E-state index contributed by atoms with van der Waals surface area (Å²) in [7, 11) is 0. The van der Waals surface area contributed by atoms with Gasteiger partial charge in [-0.05, 0) is 25.5 Å². The highest BCUT2D eigenvalue weighted by Crippen LogP contribution is 2.26. The number of hydrogen-bond acceptors (Lipinski definition) is 4. The molecule has 0 aliphatic carbocycles. The van der Waals surface area contributed by atoms with Crippen LogP contribution in [0.1, 0.15) is 20.3 Å². The number of pyridine rings is 1. The molecule has 20 heavy (non-hydrogen) atoms. The Labute approximate surface area is 119 Å². The van der Waals surface area contributed by atoms with Crippen molar-refractivity contribution in [3.05, 3.63) is 42.7 Å². The van der Waals surface area contributed by atoms with Gasteiger partial charge in [-0.25, -0.2) is 0 Å². The summed E-state index contributed by atoms with van der Waals surface area (Å²) in [5.41, 5.74) is 0.963. The molecule has 0 saturated heterocycles. The zero-order valence-corrected chi connectivity index (χ0v) is 11.9. The lowest BCUT2D eigenvalue weighted by Gasteiger charge is -2.09. The number of hydrogen-bond donors (Lipinski definition) is 1. The number of aromatic nitrogens is 1. The minimum absolute atomic E-state index is 0.640. The molecule has 1 N–H and O–H groups in total. The van der Waals surface area contributed by atoms with Gasteiger partial charge in [0.25, 0.3) is 0 Å². The first-order valence-corrected chi connectivity index (χ1v) is 6.91. The zero-order valence-electron chi connectivity index (χ0n) is 11.9. The van der Waals surface area contributed by atoms with Gasteiger partial charge in [-0.2, -0.15) is 0 Å². The molecule has 2 aromatic rings. The summed E-state index contributed by atoms with van der Waals surface area (Å²) in [4.78, 5) is 4.17. The molecule has 0 unspecified atom stereocenters. The second-order valence-corrected chi connectivity index (χ2v) is 4.35.